The molecule has 0 aliphatic heterocycles. The van der Waals surface area contributed by atoms with Gasteiger partial charge in [-0.25, -0.2) is 8.42 Å². The van der Waals surface area contributed by atoms with Crippen LogP contribution in [0.2, 0.25) is 0 Å². The molecule has 0 aliphatic rings. The summed E-state index contributed by atoms with van der Waals surface area (Å²) in [4.78, 5) is 13.0. The summed E-state index contributed by atoms with van der Waals surface area (Å²) >= 11 is 0. The number of hydrogen-bond acceptors (Lipinski definition) is 3. The van der Waals surface area contributed by atoms with Crippen molar-refractivity contribution in [2.45, 2.75) is 44.6 Å². The van der Waals surface area contributed by atoms with Crippen molar-refractivity contribution < 1.29 is 13.2 Å². The Labute approximate surface area is 191 Å². The van der Waals surface area contributed by atoms with Crippen molar-refractivity contribution in [3.63, 3.8) is 0 Å². The van der Waals surface area contributed by atoms with Gasteiger partial charge in [0.1, 0.15) is 6.54 Å². The lowest BCUT2D eigenvalue weighted by Crippen LogP contribution is -2.44. The molecule has 168 valence electrons. The molecular weight excluding hydrogens is 420 g/mol. The highest BCUT2D eigenvalue weighted by atomic mass is 32.2. The maximum absolute atomic E-state index is 13.5. The molecule has 32 heavy (non-hydrogen) atoms. The minimum Gasteiger partial charge on any atom is -0.352 e. The zero-order valence-corrected chi connectivity index (χ0v) is 19.6. The molecule has 0 unspecified atom stereocenters. The molecule has 3 aromatic carbocycles. The van der Waals surface area contributed by atoms with Crippen molar-refractivity contribution >= 4 is 21.6 Å². The van der Waals surface area contributed by atoms with E-state index in [1.54, 1.807) is 36.4 Å². The predicted octanol–water partition coefficient (Wildman–Crippen LogP) is 4.64. The fraction of sp³-hybridized carbons (Fsp3) is 0.269. The molecular formula is C26H30N2O3S. The molecule has 1 N–H and O–H groups in total. The average Bonchev–Trinajstić information content (AvgIpc) is 2.77. The van der Waals surface area contributed by atoms with Crippen LogP contribution >= 0.6 is 0 Å². The fourth-order valence-corrected chi connectivity index (χ4v) is 5.02. The Bertz CT molecular complexity index is 1140. The molecule has 0 aliphatic carbocycles. The van der Waals surface area contributed by atoms with E-state index in [0.29, 0.717) is 5.69 Å². The molecule has 0 spiro atoms. The first-order chi connectivity index (χ1) is 15.3. The maximum Gasteiger partial charge on any atom is 0.264 e. The third kappa shape index (κ3) is 5.98. The zero-order valence-electron chi connectivity index (χ0n) is 18.8. The second-order valence-corrected chi connectivity index (χ2v) is 9.97. The summed E-state index contributed by atoms with van der Waals surface area (Å²) in [5.74, 6) is -0.329. The first-order valence-corrected chi connectivity index (χ1v) is 12.2. The summed E-state index contributed by atoms with van der Waals surface area (Å²) in [5, 5.41) is 2.96. The van der Waals surface area contributed by atoms with Crippen LogP contribution in [0.3, 0.4) is 0 Å². The van der Waals surface area contributed by atoms with E-state index in [-0.39, 0.29) is 23.4 Å². The molecule has 0 heterocycles. The van der Waals surface area contributed by atoms with Crippen LogP contribution in [0.25, 0.3) is 0 Å². The second kappa shape index (κ2) is 10.5. The Hall–Kier alpha value is -3.12. The molecule has 3 rings (SSSR count). The van der Waals surface area contributed by atoms with E-state index in [9.17, 15) is 13.2 Å². The first kappa shape index (κ1) is 23.5. The number of nitrogens with zero attached hydrogens (tertiary/aromatic N) is 1. The van der Waals surface area contributed by atoms with E-state index in [2.05, 4.69) is 17.4 Å². The highest BCUT2D eigenvalue weighted by molar-refractivity contribution is 7.92. The topological polar surface area (TPSA) is 66.5 Å². The minimum atomic E-state index is -3.91. The van der Waals surface area contributed by atoms with Gasteiger partial charge in [0.05, 0.1) is 10.6 Å². The summed E-state index contributed by atoms with van der Waals surface area (Å²) in [7, 11) is -3.91. The highest BCUT2D eigenvalue weighted by Gasteiger charge is 2.28. The first-order valence-electron chi connectivity index (χ1n) is 10.8. The van der Waals surface area contributed by atoms with E-state index in [4.69, 9.17) is 0 Å². The van der Waals surface area contributed by atoms with Gasteiger partial charge in [-0.2, -0.15) is 0 Å². The van der Waals surface area contributed by atoms with Gasteiger partial charge >= 0.3 is 0 Å². The molecule has 1 atom stereocenters. The van der Waals surface area contributed by atoms with Gasteiger partial charge in [-0.05, 0) is 62.9 Å². The lowest BCUT2D eigenvalue weighted by atomic mass is 10.1. The van der Waals surface area contributed by atoms with Gasteiger partial charge in [-0.3, -0.25) is 9.10 Å². The molecule has 0 fully saturated rings. The molecule has 5 nitrogen and oxygen atoms in total. The summed E-state index contributed by atoms with van der Waals surface area (Å²) in [6, 6.07) is 23.9. The summed E-state index contributed by atoms with van der Waals surface area (Å²) in [5.41, 5.74) is 3.46. The number of carbonyl (C=O) groups excluding carboxylic acids is 1. The van der Waals surface area contributed by atoms with Crippen LogP contribution in [0.4, 0.5) is 5.69 Å². The molecule has 6 heteroatoms. The van der Waals surface area contributed by atoms with E-state index in [0.717, 1.165) is 24.0 Å². The van der Waals surface area contributed by atoms with E-state index < -0.39 is 10.0 Å². The van der Waals surface area contributed by atoms with Gasteiger partial charge in [0.25, 0.3) is 10.0 Å². The number of nitrogens with one attached hydrogen (secondary N) is 1. The fourth-order valence-electron chi connectivity index (χ4n) is 3.53. The van der Waals surface area contributed by atoms with Gasteiger partial charge in [0.2, 0.25) is 5.91 Å². The van der Waals surface area contributed by atoms with Crippen molar-refractivity contribution in [1.29, 1.82) is 0 Å². The second-order valence-electron chi connectivity index (χ2n) is 8.10. The average molecular weight is 451 g/mol. The number of anilines is 1. The summed E-state index contributed by atoms with van der Waals surface area (Å²) in [6.45, 7) is 5.40. The van der Waals surface area contributed by atoms with Gasteiger partial charge < -0.3 is 5.32 Å². The predicted molar refractivity (Wildman–Crippen MR) is 129 cm³/mol. The van der Waals surface area contributed by atoms with Crippen LogP contribution < -0.4 is 9.62 Å². The molecule has 0 aromatic heterocycles. The Balaban J connectivity index is 1.77. The van der Waals surface area contributed by atoms with Crippen LogP contribution in [0.5, 0.6) is 0 Å². The Morgan fingerprint density at radius 1 is 0.906 bits per heavy atom. The summed E-state index contributed by atoms with van der Waals surface area (Å²) < 4.78 is 28.1. The molecule has 0 saturated heterocycles. The standard InChI is InChI=1S/C26H30N2O3S/c1-20-13-17-24(18-14-20)32(30,31)28(25-12-8-7-9-21(25)2)19-26(29)27-22(3)15-16-23-10-5-4-6-11-23/h4-14,17-18,22H,15-16,19H2,1-3H3,(H,27,29)/t22-/m0/s1. The quantitative estimate of drug-likeness (QED) is 0.517. The van der Waals surface area contributed by atoms with Gasteiger partial charge in [0.15, 0.2) is 0 Å². The lowest BCUT2D eigenvalue weighted by molar-refractivity contribution is -0.120. The third-order valence-corrected chi connectivity index (χ3v) is 7.17. The van der Waals surface area contributed by atoms with Crippen molar-refractivity contribution in [1.82, 2.24) is 5.32 Å². The van der Waals surface area contributed by atoms with Crippen LogP contribution in [0.1, 0.15) is 30.0 Å². The molecule has 3 aromatic rings. The Kier molecular flexibility index (Phi) is 7.70. The van der Waals surface area contributed by atoms with Gasteiger partial charge in [-0.1, -0.05) is 66.2 Å². The molecule has 1 amide bonds. The summed E-state index contributed by atoms with van der Waals surface area (Å²) in [6.07, 6.45) is 1.61. The van der Waals surface area contributed by atoms with Crippen molar-refractivity contribution in [2.75, 3.05) is 10.8 Å². The van der Waals surface area contributed by atoms with Crippen molar-refractivity contribution in [3.8, 4) is 0 Å². The van der Waals surface area contributed by atoms with Crippen molar-refractivity contribution in [2.24, 2.45) is 0 Å². The molecule has 0 saturated carbocycles. The number of amides is 1. The Morgan fingerprint density at radius 3 is 2.19 bits per heavy atom. The monoisotopic (exact) mass is 450 g/mol. The SMILES string of the molecule is Cc1ccc(S(=O)(=O)N(CC(=O)N[C@@H](C)CCc2ccccc2)c2ccccc2C)cc1. The van der Waals surface area contributed by atoms with Crippen LogP contribution in [0.15, 0.2) is 83.8 Å². The normalized spacial score (nSPS) is 12.2. The van der Waals surface area contributed by atoms with Crippen LogP contribution in [-0.2, 0) is 21.2 Å². The number of rotatable bonds is 9. The minimum absolute atomic E-state index is 0.0801. The smallest absolute Gasteiger partial charge is 0.264 e. The van der Waals surface area contributed by atoms with Gasteiger partial charge in [0, 0.05) is 6.04 Å². The van der Waals surface area contributed by atoms with E-state index in [1.165, 1.54) is 9.87 Å². The zero-order chi connectivity index (χ0) is 23.1. The molecule has 0 radical (unpaired) electrons. The van der Waals surface area contributed by atoms with E-state index in [1.807, 2.05) is 51.1 Å². The number of sulfonamides is 1. The Morgan fingerprint density at radius 2 is 1.53 bits per heavy atom. The van der Waals surface area contributed by atoms with E-state index >= 15 is 0 Å². The third-order valence-electron chi connectivity index (χ3n) is 5.40. The maximum atomic E-state index is 13.5. The van der Waals surface area contributed by atoms with Crippen LogP contribution in [0, 0.1) is 13.8 Å². The number of benzene rings is 3. The number of hydrogen-bond donors (Lipinski definition) is 1. The van der Waals surface area contributed by atoms with Gasteiger partial charge in [-0.15, -0.1) is 0 Å². The highest BCUT2D eigenvalue weighted by Crippen LogP contribution is 2.26. The lowest BCUT2D eigenvalue weighted by Gasteiger charge is -2.26. The largest absolute Gasteiger partial charge is 0.352 e. The molecule has 0 bridgehead atoms. The van der Waals surface area contributed by atoms with Crippen LogP contribution in [-0.4, -0.2) is 26.9 Å². The number of para-hydroxylation sites is 1. The number of aryl methyl sites for hydroxylation is 3. The van der Waals surface area contributed by atoms with Crippen molar-refractivity contribution in [3.05, 3.63) is 95.6 Å². The number of carbonyl (C=O) groups is 1.